The quantitative estimate of drug-likeness (QED) is 0.815. The molecule has 0 bridgehead atoms. The van der Waals surface area contributed by atoms with Crippen molar-refractivity contribution in [2.45, 2.75) is 25.0 Å². The lowest BCUT2D eigenvalue weighted by Crippen LogP contribution is -2.41. The minimum absolute atomic E-state index is 0.0544. The molecule has 3 rings (SSSR count). The van der Waals surface area contributed by atoms with Crippen LogP contribution in [-0.2, 0) is 14.3 Å². The number of aliphatic carboxylic acids is 1. The number of benzene rings is 1. The Morgan fingerprint density at radius 3 is 2.92 bits per heavy atom. The number of carboxylic acid groups (broad SMARTS) is 1. The first kappa shape index (κ1) is 17.6. The molecule has 2 heterocycles. The molecular formula is C17H15Cl2NO5. The topological polar surface area (TPSA) is 84.9 Å². The molecule has 2 aliphatic rings. The molecule has 25 heavy (non-hydrogen) atoms. The molecular weight excluding hydrogens is 369 g/mol. The molecule has 8 heteroatoms. The van der Waals surface area contributed by atoms with Crippen molar-refractivity contribution in [1.82, 2.24) is 5.32 Å². The maximum Gasteiger partial charge on any atom is 0.326 e. The number of fused-ring (bicyclic) bond motifs is 1. The van der Waals surface area contributed by atoms with Gasteiger partial charge in [0.25, 0.3) is 5.91 Å². The average molecular weight is 384 g/mol. The SMILES string of the molecule is O=C(N[C@@H](CC1=COC2CCOC2=C1)C(=O)O)c1cc(Cl)ccc1Cl. The normalized spacial score (nSPS) is 19.7. The summed E-state index contributed by atoms with van der Waals surface area (Å²) in [6.45, 7) is 0.573. The lowest BCUT2D eigenvalue weighted by molar-refractivity contribution is -0.139. The van der Waals surface area contributed by atoms with E-state index in [1.807, 2.05) is 0 Å². The summed E-state index contributed by atoms with van der Waals surface area (Å²) in [6.07, 6.45) is 3.99. The molecule has 132 valence electrons. The van der Waals surface area contributed by atoms with Gasteiger partial charge in [0.2, 0.25) is 0 Å². The molecule has 1 unspecified atom stereocenters. The molecule has 1 aromatic rings. The summed E-state index contributed by atoms with van der Waals surface area (Å²) < 4.78 is 11.0. The minimum atomic E-state index is -1.17. The molecule has 2 N–H and O–H groups in total. The Morgan fingerprint density at radius 1 is 1.36 bits per heavy atom. The molecule has 2 atom stereocenters. The summed E-state index contributed by atoms with van der Waals surface area (Å²) in [6, 6.07) is 3.27. The lowest BCUT2D eigenvalue weighted by Gasteiger charge is -2.20. The fourth-order valence-electron chi connectivity index (χ4n) is 2.63. The van der Waals surface area contributed by atoms with Gasteiger partial charge in [-0.15, -0.1) is 0 Å². The van der Waals surface area contributed by atoms with Crippen LogP contribution in [0.15, 0.2) is 41.9 Å². The van der Waals surface area contributed by atoms with Crippen molar-refractivity contribution in [3.8, 4) is 0 Å². The van der Waals surface area contributed by atoms with Crippen molar-refractivity contribution in [2.75, 3.05) is 6.61 Å². The third-order valence-corrected chi connectivity index (χ3v) is 4.46. The summed E-state index contributed by atoms with van der Waals surface area (Å²) in [5.41, 5.74) is 0.741. The molecule has 0 aromatic heterocycles. The van der Waals surface area contributed by atoms with Crippen LogP contribution in [0.5, 0.6) is 0 Å². The molecule has 6 nitrogen and oxygen atoms in total. The maximum absolute atomic E-state index is 12.3. The summed E-state index contributed by atoms with van der Waals surface area (Å²) in [5, 5.41) is 12.4. The van der Waals surface area contributed by atoms with Crippen molar-refractivity contribution in [3.05, 3.63) is 57.5 Å². The molecule has 1 saturated heterocycles. The van der Waals surface area contributed by atoms with Crippen LogP contribution in [0.3, 0.4) is 0 Å². The van der Waals surface area contributed by atoms with Gasteiger partial charge in [0, 0.05) is 17.9 Å². The van der Waals surface area contributed by atoms with Gasteiger partial charge in [-0.2, -0.15) is 0 Å². The lowest BCUT2D eigenvalue weighted by atomic mass is 10.0. The Labute approximate surface area is 154 Å². The van der Waals surface area contributed by atoms with Crippen molar-refractivity contribution in [3.63, 3.8) is 0 Å². The fraction of sp³-hybridized carbons (Fsp3) is 0.294. The molecule has 2 aliphatic heterocycles. The third kappa shape index (κ3) is 4.08. The minimum Gasteiger partial charge on any atom is -0.494 e. The van der Waals surface area contributed by atoms with E-state index < -0.39 is 17.9 Å². The predicted octanol–water partition coefficient (Wildman–Crippen LogP) is 3.15. The summed E-state index contributed by atoms with van der Waals surface area (Å²) >= 11 is 11.8. The van der Waals surface area contributed by atoms with Crippen molar-refractivity contribution in [2.24, 2.45) is 0 Å². The van der Waals surface area contributed by atoms with Crippen molar-refractivity contribution >= 4 is 35.1 Å². The van der Waals surface area contributed by atoms with Gasteiger partial charge in [0.05, 0.1) is 23.5 Å². The number of carbonyl (C=O) groups is 2. The Balaban J connectivity index is 1.72. The van der Waals surface area contributed by atoms with Gasteiger partial charge in [-0.25, -0.2) is 4.79 Å². The number of nitrogens with one attached hydrogen (secondary N) is 1. The van der Waals surface area contributed by atoms with E-state index in [1.165, 1.54) is 18.4 Å². The third-order valence-electron chi connectivity index (χ3n) is 3.89. The highest BCUT2D eigenvalue weighted by atomic mass is 35.5. The molecule has 1 fully saturated rings. The van der Waals surface area contributed by atoms with E-state index in [1.54, 1.807) is 12.1 Å². The van der Waals surface area contributed by atoms with E-state index in [0.29, 0.717) is 23.0 Å². The van der Waals surface area contributed by atoms with E-state index >= 15 is 0 Å². The van der Waals surface area contributed by atoms with Crippen LogP contribution in [0.4, 0.5) is 0 Å². The van der Waals surface area contributed by atoms with E-state index in [4.69, 9.17) is 32.7 Å². The van der Waals surface area contributed by atoms with Gasteiger partial charge < -0.3 is 19.9 Å². The molecule has 1 amide bonds. The van der Waals surface area contributed by atoms with Crippen LogP contribution in [0.25, 0.3) is 0 Å². The van der Waals surface area contributed by atoms with E-state index in [0.717, 1.165) is 6.42 Å². The second-order valence-corrected chi connectivity index (χ2v) is 6.54. The highest BCUT2D eigenvalue weighted by molar-refractivity contribution is 6.35. The van der Waals surface area contributed by atoms with E-state index in [9.17, 15) is 14.7 Å². The average Bonchev–Trinajstić information content (AvgIpc) is 3.04. The Kier molecular flexibility index (Phi) is 5.20. The van der Waals surface area contributed by atoms with Crippen molar-refractivity contribution < 1.29 is 24.2 Å². The molecule has 0 aliphatic carbocycles. The van der Waals surface area contributed by atoms with Crippen LogP contribution in [-0.4, -0.2) is 35.7 Å². The first-order valence-corrected chi connectivity index (χ1v) is 8.37. The molecule has 1 aromatic carbocycles. The van der Waals surface area contributed by atoms with Gasteiger partial charge in [0.1, 0.15) is 11.8 Å². The zero-order chi connectivity index (χ0) is 18.0. The second kappa shape index (κ2) is 7.37. The number of hydrogen-bond donors (Lipinski definition) is 2. The first-order valence-electron chi connectivity index (χ1n) is 7.61. The number of rotatable bonds is 5. The van der Waals surface area contributed by atoms with Crippen LogP contribution in [0, 0.1) is 0 Å². The van der Waals surface area contributed by atoms with Crippen LogP contribution in [0.2, 0.25) is 10.0 Å². The molecule has 0 saturated carbocycles. The molecule has 0 spiro atoms. The summed E-state index contributed by atoms with van der Waals surface area (Å²) in [7, 11) is 0. The Morgan fingerprint density at radius 2 is 2.16 bits per heavy atom. The molecule has 0 radical (unpaired) electrons. The largest absolute Gasteiger partial charge is 0.494 e. The first-order chi connectivity index (χ1) is 11.9. The zero-order valence-corrected chi connectivity index (χ0v) is 14.5. The zero-order valence-electron chi connectivity index (χ0n) is 13.0. The van der Waals surface area contributed by atoms with Crippen molar-refractivity contribution in [1.29, 1.82) is 0 Å². The number of allylic oxidation sites excluding steroid dienone is 1. The second-order valence-electron chi connectivity index (χ2n) is 5.69. The number of carboxylic acids is 1. The number of amides is 1. The predicted molar refractivity (Wildman–Crippen MR) is 91.6 cm³/mol. The number of ether oxygens (including phenoxy) is 2. The van der Waals surface area contributed by atoms with Gasteiger partial charge in [-0.05, 0) is 29.8 Å². The van der Waals surface area contributed by atoms with Gasteiger partial charge >= 0.3 is 5.97 Å². The monoisotopic (exact) mass is 383 g/mol. The summed E-state index contributed by atoms with van der Waals surface area (Å²) in [5.74, 6) is -1.09. The maximum atomic E-state index is 12.3. The van der Waals surface area contributed by atoms with Crippen LogP contribution in [0.1, 0.15) is 23.2 Å². The summed E-state index contributed by atoms with van der Waals surface area (Å²) in [4.78, 5) is 23.9. The van der Waals surface area contributed by atoms with Gasteiger partial charge in [0.15, 0.2) is 6.10 Å². The van der Waals surface area contributed by atoms with Gasteiger partial charge in [-0.3, -0.25) is 4.79 Å². The number of halogens is 2. The fourth-order valence-corrected chi connectivity index (χ4v) is 3.00. The van der Waals surface area contributed by atoms with E-state index in [-0.39, 0.29) is 23.1 Å². The Bertz CT molecular complexity index is 774. The number of hydrogen-bond acceptors (Lipinski definition) is 4. The van der Waals surface area contributed by atoms with Crippen LogP contribution >= 0.6 is 23.2 Å². The Hall–Kier alpha value is -2.18. The standard InChI is InChI=1S/C17H15Cl2NO5/c18-10-1-2-12(19)11(7-10)16(21)20-13(17(22)23)5-9-6-15-14(25-8-9)3-4-24-15/h1-2,6-8,13-14H,3-5H2,(H,20,21)(H,22,23)/t13-,14?/m0/s1. The van der Waals surface area contributed by atoms with Crippen LogP contribution < -0.4 is 5.32 Å². The van der Waals surface area contributed by atoms with E-state index in [2.05, 4.69) is 5.32 Å². The number of carbonyl (C=O) groups excluding carboxylic acids is 1. The van der Waals surface area contributed by atoms with Gasteiger partial charge in [-0.1, -0.05) is 23.2 Å². The highest BCUT2D eigenvalue weighted by Gasteiger charge is 2.29. The smallest absolute Gasteiger partial charge is 0.326 e. The highest BCUT2D eigenvalue weighted by Crippen LogP contribution is 2.28.